The molecule has 98 valence electrons. The van der Waals surface area contributed by atoms with Gasteiger partial charge in [0.25, 0.3) is 0 Å². The molecule has 0 aliphatic carbocycles. The van der Waals surface area contributed by atoms with Crippen molar-refractivity contribution in [2.45, 2.75) is 12.8 Å². The molecule has 0 amide bonds. The molecule has 1 unspecified atom stereocenters. The maximum atomic E-state index is 11.6. The van der Waals surface area contributed by atoms with Crippen LogP contribution in [0, 0.1) is 5.92 Å². The smallest absolute Gasteiger partial charge is 0.311 e. The van der Waals surface area contributed by atoms with E-state index in [0.717, 1.165) is 0 Å². The van der Waals surface area contributed by atoms with E-state index >= 15 is 0 Å². The SMILES string of the molecule is O=C(CC1CCS(=O)(=O)C1)Oc1ccc(Cl)cc1. The van der Waals surface area contributed by atoms with Crippen molar-refractivity contribution in [2.75, 3.05) is 11.5 Å². The fraction of sp³-hybridized carbons (Fsp3) is 0.417. The molecular weight excluding hydrogens is 276 g/mol. The van der Waals surface area contributed by atoms with Crippen molar-refractivity contribution in [3.05, 3.63) is 29.3 Å². The average Bonchev–Trinajstić information content (AvgIpc) is 2.61. The second kappa shape index (κ2) is 5.28. The van der Waals surface area contributed by atoms with Gasteiger partial charge in [-0.1, -0.05) is 11.6 Å². The number of rotatable bonds is 3. The molecule has 1 aliphatic heterocycles. The number of benzene rings is 1. The first-order valence-corrected chi connectivity index (χ1v) is 7.81. The van der Waals surface area contributed by atoms with E-state index in [2.05, 4.69) is 0 Å². The molecule has 1 aromatic carbocycles. The van der Waals surface area contributed by atoms with Crippen LogP contribution in [0.15, 0.2) is 24.3 Å². The van der Waals surface area contributed by atoms with Gasteiger partial charge in [-0.3, -0.25) is 4.79 Å². The Bertz CT molecular complexity index is 536. The molecule has 0 bridgehead atoms. The van der Waals surface area contributed by atoms with E-state index < -0.39 is 15.8 Å². The lowest BCUT2D eigenvalue weighted by Crippen LogP contribution is -2.15. The van der Waals surface area contributed by atoms with Crippen molar-refractivity contribution in [1.29, 1.82) is 0 Å². The van der Waals surface area contributed by atoms with E-state index in [0.29, 0.717) is 17.2 Å². The molecule has 0 spiro atoms. The summed E-state index contributed by atoms with van der Waals surface area (Å²) >= 11 is 5.71. The van der Waals surface area contributed by atoms with Crippen LogP contribution in [-0.4, -0.2) is 25.9 Å². The van der Waals surface area contributed by atoms with Crippen LogP contribution in [0.4, 0.5) is 0 Å². The summed E-state index contributed by atoms with van der Waals surface area (Å²) < 4.78 is 27.6. The van der Waals surface area contributed by atoms with Gasteiger partial charge in [-0.25, -0.2) is 8.42 Å². The van der Waals surface area contributed by atoms with Gasteiger partial charge in [0.2, 0.25) is 0 Å². The Morgan fingerprint density at radius 1 is 1.33 bits per heavy atom. The quantitative estimate of drug-likeness (QED) is 0.631. The minimum Gasteiger partial charge on any atom is -0.427 e. The summed E-state index contributed by atoms with van der Waals surface area (Å²) in [6.07, 6.45) is 0.680. The molecule has 1 fully saturated rings. The van der Waals surface area contributed by atoms with E-state index in [1.165, 1.54) is 0 Å². The zero-order chi connectivity index (χ0) is 13.2. The van der Waals surface area contributed by atoms with Crippen molar-refractivity contribution in [3.8, 4) is 5.75 Å². The molecule has 18 heavy (non-hydrogen) atoms. The van der Waals surface area contributed by atoms with E-state index in [4.69, 9.17) is 16.3 Å². The van der Waals surface area contributed by atoms with Crippen LogP contribution in [0.25, 0.3) is 0 Å². The molecule has 1 saturated heterocycles. The van der Waals surface area contributed by atoms with Crippen LogP contribution in [0.2, 0.25) is 5.02 Å². The molecule has 1 aliphatic rings. The largest absolute Gasteiger partial charge is 0.427 e. The van der Waals surface area contributed by atoms with Crippen LogP contribution >= 0.6 is 11.6 Å². The maximum Gasteiger partial charge on any atom is 0.311 e. The third-order valence-corrected chi connectivity index (χ3v) is 4.92. The van der Waals surface area contributed by atoms with Crippen molar-refractivity contribution in [2.24, 2.45) is 5.92 Å². The van der Waals surface area contributed by atoms with Crippen LogP contribution in [0.3, 0.4) is 0 Å². The highest BCUT2D eigenvalue weighted by Crippen LogP contribution is 2.23. The van der Waals surface area contributed by atoms with Crippen molar-refractivity contribution < 1.29 is 17.9 Å². The Labute approximate surface area is 111 Å². The number of hydrogen-bond acceptors (Lipinski definition) is 4. The molecule has 1 atom stereocenters. The molecule has 0 aromatic heterocycles. The highest BCUT2D eigenvalue weighted by atomic mass is 35.5. The first-order valence-electron chi connectivity index (χ1n) is 5.61. The fourth-order valence-corrected chi connectivity index (χ4v) is 3.93. The highest BCUT2D eigenvalue weighted by Gasteiger charge is 2.29. The number of carbonyl (C=O) groups is 1. The minimum atomic E-state index is -2.94. The van der Waals surface area contributed by atoms with Crippen LogP contribution in [0.5, 0.6) is 5.75 Å². The Morgan fingerprint density at radius 3 is 2.56 bits per heavy atom. The molecule has 1 aromatic rings. The number of ether oxygens (including phenoxy) is 1. The molecule has 1 heterocycles. The predicted molar refractivity (Wildman–Crippen MR) is 68.5 cm³/mol. The number of hydrogen-bond donors (Lipinski definition) is 0. The summed E-state index contributed by atoms with van der Waals surface area (Å²) in [6.45, 7) is 0. The van der Waals surface area contributed by atoms with Gasteiger partial charge in [0.05, 0.1) is 11.5 Å². The molecule has 0 radical (unpaired) electrons. The van der Waals surface area contributed by atoms with E-state index in [1.54, 1.807) is 24.3 Å². The van der Waals surface area contributed by atoms with Gasteiger partial charge in [0, 0.05) is 11.4 Å². The lowest BCUT2D eigenvalue weighted by molar-refractivity contribution is -0.135. The average molecular weight is 289 g/mol. The van der Waals surface area contributed by atoms with Crippen LogP contribution in [-0.2, 0) is 14.6 Å². The standard InChI is InChI=1S/C12H13ClO4S/c13-10-1-3-11(4-2-10)17-12(14)7-9-5-6-18(15,16)8-9/h1-4,9H,5-8H2. The summed E-state index contributed by atoms with van der Waals surface area (Å²) in [4.78, 5) is 11.6. The Morgan fingerprint density at radius 2 is 2.00 bits per heavy atom. The van der Waals surface area contributed by atoms with Gasteiger partial charge in [0.1, 0.15) is 5.75 Å². The second-order valence-corrected chi connectivity index (χ2v) is 7.07. The summed E-state index contributed by atoms with van der Waals surface area (Å²) in [5, 5.41) is 0.566. The number of esters is 1. The predicted octanol–water partition coefficient (Wildman–Crippen LogP) is 2.07. The second-order valence-electron chi connectivity index (χ2n) is 4.40. The third kappa shape index (κ3) is 3.71. The summed E-state index contributed by atoms with van der Waals surface area (Å²) in [7, 11) is -2.94. The van der Waals surface area contributed by atoms with Crippen molar-refractivity contribution in [1.82, 2.24) is 0 Å². The first-order chi connectivity index (χ1) is 8.44. The monoisotopic (exact) mass is 288 g/mol. The third-order valence-electron chi connectivity index (χ3n) is 2.83. The summed E-state index contributed by atoms with van der Waals surface area (Å²) in [5.41, 5.74) is 0. The number of halogens is 1. The maximum absolute atomic E-state index is 11.6. The Hall–Kier alpha value is -1.07. The zero-order valence-corrected chi connectivity index (χ0v) is 11.2. The summed E-state index contributed by atoms with van der Waals surface area (Å²) in [5.74, 6) is 0.161. The first kappa shape index (κ1) is 13.4. The van der Waals surface area contributed by atoms with Gasteiger partial charge in [-0.15, -0.1) is 0 Å². The Kier molecular flexibility index (Phi) is 3.92. The minimum absolute atomic E-state index is 0.0860. The molecule has 2 rings (SSSR count). The number of carbonyl (C=O) groups excluding carboxylic acids is 1. The van der Waals surface area contributed by atoms with Crippen LogP contribution < -0.4 is 4.74 Å². The topological polar surface area (TPSA) is 60.4 Å². The van der Waals surface area contributed by atoms with Gasteiger partial charge >= 0.3 is 5.97 Å². The molecular formula is C12H13ClO4S. The number of sulfone groups is 1. The van der Waals surface area contributed by atoms with E-state index in [1.807, 2.05) is 0 Å². The lowest BCUT2D eigenvalue weighted by Gasteiger charge is -2.07. The van der Waals surface area contributed by atoms with E-state index in [9.17, 15) is 13.2 Å². The molecule has 0 N–H and O–H groups in total. The van der Waals surface area contributed by atoms with Crippen molar-refractivity contribution >= 4 is 27.4 Å². The van der Waals surface area contributed by atoms with Crippen molar-refractivity contribution in [3.63, 3.8) is 0 Å². The molecule has 4 nitrogen and oxygen atoms in total. The van der Waals surface area contributed by atoms with Gasteiger partial charge in [-0.2, -0.15) is 0 Å². The van der Waals surface area contributed by atoms with E-state index in [-0.39, 0.29) is 23.8 Å². The van der Waals surface area contributed by atoms with Crippen LogP contribution in [0.1, 0.15) is 12.8 Å². The zero-order valence-electron chi connectivity index (χ0n) is 9.63. The molecule has 6 heteroatoms. The van der Waals surface area contributed by atoms with Gasteiger partial charge in [0.15, 0.2) is 9.84 Å². The van der Waals surface area contributed by atoms with Gasteiger partial charge in [-0.05, 0) is 36.6 Å². The lowest BCUT2D eigenvalue weighted by atomic mass is 10.1. The summed E-state index contributed by atoms with van der Waals surface area (Å²) in [6, 6.07) is 6.46. The molecule has 0 saturated carbocycles. The fourth-order valence-electron chi connectivity index (χ4n) is 1.94. The normalized spacial score (nSPS) is 21.7. The highest BCUT2D eigenvalue weighted by molar-refractivity contribution is 7.91. The Balaban J connectivity index is 1.88. The van der Waals surface area contributed by atoms with Gasteiger partial charge < -0.3 is 4.74 Å².